The first-order valence-electron chi connectivity index (χ1n) is 9.69. The van der Waals surface area contributed by atoms with E-state index in [1.807, 2.05) is 30.3 Å². The van der Waals surface area contributed by atoms with Crippen molar-refractivity contribution >= 4 is 16.9 Å². The molecule has 1 aliphatic carbocycles. The summed E-state index contributed by atoms with van der Waals surface area (Å²) in [7, 11) is 0. The van der Waals surface area contributed by atoms with Crippen molar-refractivity contribution in [3.63, 3.8) is 0 Å². The first-order valence-corrected chi connectivity index (χ1v) is 9.69. The van der Waals surface area contributed by atoms with Crippen molar-refractivity contribution in [2.24, 2.45) is 0 Å². The summed E-state index contributed by atoms with van der Waals surface area (Å²) in [5.74, 6) is -1.26. The van der Waals surface area contributed by atoms with Gasteiger partial charge in [0.05, 0.1) is 16.8 Å². The average Bonchev–Trinajstić information content (AvgIpc) is 3.14. The number of hydrogen-bond acceptors (Lipinski definition) is 1. The van der Waals surface area contributed by atoms with Crippen LogP contribution < -0.4 is 0 Å². The van der Waals surface area contributed by atoms with Crippen LogP contribution in [0.1, 0.15) is 27.0 Å². The number of aryl methyl sites for hydroxylation is 2. The summed E-state index contributed by atoms with van der Waals surface area (Å²) in [5, 5.41) is 10.1. The van der Waals surface area contributed by atoms with Gasteiger partial charge in [-0.1, -0.05) is 36.4 Å². The van der Waals surface area contributed by atoms with Crippen molar-refractivity contribution in [1.29, 1.82) is 0 Å². The molecule has 5 rings (SSSR count). The third kappa shape index (κ3) is 2.77. The molecule has 3 aromatic carbocycles. The minimum absolute atomic E-state index is 0.265. The molecule has 0 radical (unpaired) electrons. The lowest BCUT2D eigenvalue weighted by atomic mass is 9.88. The average molecular weight is 396 g/mol. The molecule has 1 heterocycles. The Morgan fingerprint density at radius 3 is 2.73 bits per heavy atom. The molecule has 1 aromatic heterocycles. The summed E-state index contributed by atoms with van der Waals surface area (Å²) in [5.41, 5.74) is 6.64. The molecular weight excluding hydrogens is 379 g/mol. The van der Waals surface area contributed by atoms with Crippen LogP contribution in [0.5, 0.6) is 0 Å². The van der Waals surface area contributed by atoms with E-state index in [4.69, 9.17) is 6.57 Å². The molecule has 1 aliphatic rings. The normalized spacial score (nSPS) is 12.3. The Morgan fingerprint density at radius 1 is 1.10 bits per heavy atom. The molecule has 146 valence electrons. The van der Waals surface area contributed by atoms with Crippen molar-refractivity contribution in [2.75, 3.05) is 0 Å². The van der Waals surface area contributed by atoms with E-state index in [1.54, 1.807) is 24.3 Å². The van der Waals surface area contributed by atoms with E-state index in [0.717, 1.165) is 51.7 Å². The molecule has 4 aromatic rings. The van der Waals surface area contributed by atoms with Gasteiger partial charge in [-0.3, -0.25) is 0 Å². The van der Waals surface area contributed by atoms with Gasteiger partial charge in [-0.05, 0) is 47.7 Å². The Labute approximate surface area is 172 Å². The number of aromatic nitrogens is 1. The lowest BCUT2D eigenvalue weighted by molar-refractivity contribution is 0.0697. The third-order valence-electron chi connectivity index (χ3n) is 5.78. The molecule has 0 saturated heterocycles. The number of fused-ring (bicyclic) bond motifs is 5. The van der Waals surface area contributed by atoms with Gasteiger partial charge < -0.3 is 14.9 Å². The maximum Gasteiger partial charge on any atom is 0.335 e. The second-order valence-electron chi connectivity index (χ2n) is 7.52. The second-order valence-corrected chi connectivity index (χ2v) is 7.52. The molecular formula is C25H17FN2O2. The molecule has 0 bridgehead atoms. The first kappa shape index (κ1) is 18.1. The first-order chi connectivity index (χ1) is 14.6. The van der Waals surface area contributed by atoms with Crippen LogP contribution in [0.25, 0.3) is 38.1 Å². The molecule has 0 spiro atoms. The predicted molar refractivity (Wildman–Crippen MR) is 114 cm³/mol. The zero-order valence-corrected chi connectivity index (χ0v) is 16.0. The Hall–Kier alpha value is -3.91. The van der Waals surface area contributed by atoms with E-state index < -0.39 is 5.97 Å². The maximum atomic E-state index is 15.5. The minimum atomic E-state index is -0.948. The molecule has 0 atom stereocenters. The van der Waals surface area contributed by atoms with E-state index in [0.29, 0.717) is 11.1 Å². The molecule has 5 heteroatoms. The minimum Gasteiger partial charge on any atom is -0.478 e. The summed E-state index contributed by atoms with van der Waals surface area (Å²) in [6, 6.07) is 16.3. The van der Waals surface area contributed by atoms with Crippen LogP contribution in [0.2, 0.25) is 0 Å². The number of nitrogens with one attached hydrogen (secondary N) is 1. The number of halogens is 1. The Balaban J connectivity index is 1.66. The van der Waals surface area contributed by atoms with Crippen molar-refractivity contribution < 1.29 is 14.3 Å². The number of nitrogens with zero attached hydrogens (tertiary/aromatic N) is 1. The van der Waals surface area contributed by atoms with E-state index >= 15 is 4.39 Å². The predicted octanol–water partition coefficient (Wildman–Crippen LogP) is 5.86. The number of hydrogen-bond donors (Lipinski definition) is 2. The summed E-state index contributed by atoms with van der Waals surface area (Å²) >= 11 is 0. The van der Waals surface area contributed by atoms with Crippen LogP contribution >= 0.6 is 0 Å². The Bertz CT molecular complexity index is 1380. The summed E-state index contributed by atoms with van der Waals surface area (Å²) < 4.78 is 15.5. The van der Waals surface area contributed by atoms with E-state index in [-0.39, 0.29) is 17.9 Å². The number of rotatable bonds is 3. The highest BCUT2D eigenvalue weighted by atomic mass is 19.1. The molecule has 0 amide bonds. The zero-order chi connectivity index (χ0) is 20.8. The molecule has 30 heavy (non-hydrogen) atoms. The fourth-order valence-corrected chi connectivity index (χ4v) is 4.36. The second kappa shape index (κ2) is 6.85. The van der Waals surface area contributed by atoms with Crippen LogP contribution in [0.3, 0.4) is 0 Å². The zero-order valence-electron chi connectivity index (χ0n) is 16.0. The highest BCUT2D eigenvalue weighted by Crippen LogP contribution is 2.40. The number of carboxylic acid groups (broad SMARTS) is 1. The number of carbonyl (C=O) groups is 1. The van der Waals surface area contributed by atoms with Gasteiger partial charge in [0.25, 0.3) is 0 Å². The molecule has 0 aliphatic heterocycles. The van der Waals surface area contributed by atoms with Crippen LogP contribution in [0, 0.1) is 12.4 Å². The van der Waals surface area contributed by atoms with Gasteiger partial charge in [0.2, 0.25) is 6.54 Å². The quantitative estimate of drug-likeness (QED) is 0.426. The van der Waals surface area contributed by atoms with Gasteiger partial charge in [0.1, 0.15) is 0 Å². The smallest absolute Gasteiger partial charge is 0.335 e. The lowest BCUT2D eigenvalue weighted by Gasteiger charge is -2.17. The number of benzene rings is 3. The van der Waals surface area contributed by atoms with Gasteiger partial charge in [0.15, 0.2) is 5.82 Å². The van der Waals surface area contributed by atoms with Crippen LogP contribution in [-0.4, -0.2) is 16.1 Å². The van der Waals surface area contributed by atoms with Gasteiger partial charge >= 0.3 is 5.97 Å². The van der Waals surface area contributed by atoms with Crippen molar-refractivity contribution in [1.82, 2.24) is 4.98 Å². The van der Waals surface area contributed by atoms with E-state index in [2.05, 4.69) is 9.83 Å². The van der Waals surface area contributed by atoms with Crippen LogP contribution in [0.4, 0.5) is 4.39 Å². The number of aromatic amines is 1. The molecule has 0 unspecified atom stereocenters. The highest BCUT2D eigenvalue weighted by Gasteiger charge is 2.24. The Kier molecular flexibility index (Phi) is 4.14. The molecule has 0 saturated carbocycles. The van der Waals surface area contributed by atoms with Crippen molar-refractivity contribution in [2.45, 2.75) is 19.4 Å². The summed E-state index contributed by atoms with van der Waals surface area (Å²) in [6.45, 7) is 7.32. The number of aromatic carboxylic acids is 1. The maximum absolute atomic E-state index is 15.5. The molecule has 4 nitrogen and oxygen atoms in total. The van der Waals surface area contributed by atoms with Gasteiger partial charge in [-0.15, -0.1) is 0 Å². The van der Waals surface area contributed by atoms with Crippen molar-refractivity contribution in [3.8, 4) is 22.4 Å². The molecule has 2 N–H and O–H groups in total. The SMILES string of the molecule is [C-]#[N+]Cc1cccc(-c2ccc3c4c([nH]c3c2F)-c2ccc(C(=O)O)cc2CC4)c1. The standard InChI is InChI=1S/C25H17FN2O2/c1-27-13-14-3-2-4-15(11-14)18-9-10-21-20-8-5-16-12-17(25(29)30)6-7-19(16)23(20)28-24(21)22(18)26/h2-4,6-7,9-12,28H,5,8,13H2,(H,29,30). The highest BCUT2D eigenvalue weighted by molar-refractivity contribution is 5.96. The number of H-pyrrole nitrogens is 1. The van der Waals surface area contributed by atoms with Crippen LogP contribution in [0.15, 0.2) is 54.6 Å². The third-order valence-corrected chi connectivity index (χ3v) is 5.78. The Morgan fingerprint density at radius 2 is 1.93 bits per heavy atom. The van der Waals surface area contributed by atoms with Gasteiger partial charge in [-0.25, -0.2) is 15.8 Å². The topological polar surface area (TPSA) is 57.5 Å². The largest absolute Gasteiger partial charge is 0.478 e. The fraction of sp³-hybridized carbons (Fsp3) is 0.120. The van der Waals surface area contributed by atoms with Gasteiger partial charge in [0, 0.05) is 22.1 Å². The summed E-state index contributed by atoms with van der Waals surface area (Å²) in [4.78, 5) is 18.0. The van der Waals surface area contributed by atoms with Gasteiger partial charge in [-0.2, -0.15) is 0 Å². The van der Waals surface area contributed by atoms with E-state index in [9.17, 15) is 9.90 Å². The van der Waals surface area contributed by atoms with Crippen molar-refractivity contribution in [3.05, 3.63) is 94.1 Å². The fourth-order valence-electron chi connectivity index (χ4n) is 4.36. The lowest BCUT2D eigenvalue weighted by Crippen LogP contribution is -2.05. The van der Waals surface area contributed by atoms with E-state index in [1.165, 1.54) is 0 Å². The summed E-state index contributed by atoms with van der Waals surface area (Å²) in [6.07, 6.45) is 1.45. The monoisotopic (exact) mass is 396 g/mol. The van der Waals surface area contributed by atoms with Crippen LogP contribution in [-0.2, 0) is 19.4 Å². The number of carboxylic acids is 1. The molecule has 0 fully saturated rings.